The molecule has 1 aromatic heterocycles. The number of amides is 1. The lowest BCUT2D eigenvalue weighted by Gasteiger charge is -2.08. The fourth-order valence-electron chi connectivity index (χ4n) is 1.90. The van der Waals surface area contributed by atoms with Crippen molar-refractivity contribution in [2.45, 2.75) is 0 Å². The first kappa shape index (κ1) is 17.4. The standard InChI is InChI=1S/C17H15NO5S/c1-22-16(20)11-8-12(17(21)23-2)10-13(9-11)18-15(19)6-5-14-4-3-7-24-14/h3-10H,1-2H3,(H,18,19)/b6-5+. The Bertz CT molecular complexity index is 746. The van der Waals surface area contributed by atoms with Crippen LogP contribution in [0.1, 0.15) is 25.6 Å². The van der Waals surface area contributed by atoms with Gasteiger partial charge in [0.1, 0.15) is 0 Å². The van der Waals surface area contributed by atoms with E-state index in [0.29, 0.717) is 5.69 Å². The van der Waals surface area contributed by atoms with Crippen LogP contribution in [-0.4, -0.2) is 32.1 Å². The minimum Gasteiger partial charge on any atom is -0.465 e. The number of rotatable bonds is 5. The van der Waals surface area contributed by atoms with Crippen LogP contribution in [0.15, 0.2) is 41.8 Å². The van der Waals surface area contributed by atoms with Crippen LogP contribution in [0.5, 0.6) is 0 Å². The summed E-state index contributed by atoms with van der Waals surface area (Å²) in [7, 11) is 2.46. The Hall–Kier alpha value is -2.93. The minimum atomic E-state index is -0.620. The molecule has 1 aromatic carbocycles. The van der Waals surface area contributed by atoms with E-state index in [0.717, 1.165) is 4.88 Å². The number of anilines is 1. The van der Waals surface area contributed by atoms with Crippen LogP contribution >= 0.6 is 11.3 Å². The quantitative estimate of drug-likeness (QED) is 0.665. The van der Waals surface area contributed by atoms with Gasteiger partial charge < -0.3 is 14.8 Å². The molecule has 24 heavy (non-hydrogen) atoms. The molecule has 0 aliphatic carbocycles. The van der Waals surface area contributed by atoms with Crippen molar-refractivity contribution < 1.29 is 23.9 Å². The van der Waals surface area contributed by atoms with Gasteiger partial charge in [-0.2, -0.15) is 0 Å². The molecule has 2 rings (SSSR count). The van der Waals surface area contributed by atoms with E-state index in [1.807, 2.05) is 17.5 Å². The third-order valence-electron chi connectivity index (χ3n) is 2.98. The second-order valence-electron chi connectivity index (χ2n) is 4.62. The maximum atomic E-state index is 12.0. The Labute approximate surface area is 142 Å². The molecule has 0 saturated carbocycles. The normalized spacial score (nSPS) is 10.4. The maximum absolute atomic E-state index is 12.0. The van der Waals surface area contributed by atoms with Gasteiger partial charge in [0, 0.05) is 16.6 Å². The van der Waals surface area contributed by atoms with Gasteiger partial charge in [-0.05, 0) is 35.7 Å². The molecule has 0 radical (unpaired) electrons. The molecule has 7 heteroatoms. The molecule has 0 fully saturated rings. The van der Waals surface area contributed by atoms with E-state index in [2.05, 4.69) is 14.8 Å². The number of benzene rings is 1. The summed E-state index contributed by atoms with van der Waals surface area (Å²) in [6.45, 7) is 0. The first-order valence-electron chi connectivity index (χ1n) is 6.88. The van der Waals surface area contributed by atoms with Crippen molar-refractivity contribution in [1.29, 1.82) is 0 Å². The highest BCUT2D eigenvalue weighted by Crippen LogP contribution is 2.17. The Morgan fingerprint density at radius 3 is 2.17 bits per heavy atom. The average molecular weight is 345 g/mol. The van der Waals surface area contributed by atoms with Crippen LogP contribution < -0.4 is 5.32 Å². The lowest BCUT2D eigenvalue weighted by molar-refractivity contribution is -0.111. The number of methoxy groups -OCH3 is 2. The second kappa shape index (κ2) is 8.07. The number of ether oxygens (including phenoxy) is 2. The molecular formula is C17H15NO5S. The first-order valence-corrected chi connectivity index (χ1v) is 7.75. The average Bonchev–Trinajstić information content (AvgIpc) is 3.11. The molecule has 0 aliphatic heterocycles. The molecule has 124 valence electrons. The van der Waals surface area contributed by atoms with Crippen LogP contribution in [0.2, 0.25) is 0 Å². The van der Waals surface area contributed by atoms with Crippen LogP contribution in [0.3, 0.4) is 0 Å². The lowest BCUT2D eigenvalue weighted by atomic mass is 10.1. The zero-order chi connectivity index (χ0) is 17.5. The molecule has 0 aliphatic rings. The van der Waals surface area contributed by atoms with E-state index >= 15 is 0 Å². The fourth-order valence-corrected chi connectivity index (χ4v) is 2.52. The van der Waals surface area contributed by atoms with Crippen molar-refractivity contribution >= 4 is 40.9 Å². The molecule has 0 bridgehead atoms. The lowest BCUT2D eigenvalue weighted by Crippen LogP contribution is -2.12. The summed E-state index contributed by atoms with van der Waals surface area (Å²) in [5, 5.41) is 4.51. The maximum Gasteiger partial charge on any atom is 0.337 e. The first-order chi connectivity index (χ1) is 11.5. The Morgan fingerprint density at radius 2 is 1.67 bits per heavy atom. The van der Waals surface area contributed by atoms with E-state index in [1.165, 1.54) is 49.8 Å². The van der Waals surface area contributed by atoms with Gasteiger partial charge in [-0.3, -0.25) is 4.79 Å². The summed E-state index contributed by atoms with van der Waals surface area (Å²) < 4.78 is 9.29. The molecule has 1 amide bonds. The van der Waals surface area contributed by atoms with Crippen molar-refractivity contribution in [2.75, 3.05) is 19.5 Å². The zero-order valence-corrected chi connectivity index (χ0v) is 13.9. The molecule has 2 aromatic rings. The third kappa shape index (κ3) is 4.53. The number of carbonyl (C=O) groups excluding carboxylic acids is 3. The third-order valence-corrected chi connectivity index (χ3v) is 3.82. The van der Waals surface area contributed by atoms with E-state index in [1.54, 1.807) is 6.08 Å². The number of thiophene rings is 1. The number of nitrogens with one attached hydrogen (secondary N) is 1. The van der Waals surface area contributed by atoms with Crippen LogP contribution in [0.4, 0.5) is 5.69 Å². The largest absolute Gasteiger partial charge is 0.465 e. The van der Waals surface area contributed by atoms with Gasteiger partial charge >= 0.3 is 11.9 Å². The van der Waals surface area contributed by atoms with Crippen LogP contribution in [-0.2, 0) is 14.3 Å². The molecular weight excluding hydrogens is 330 g/mol. The van der Waals surface area contributed by atoms with E-state index in [-0.39, 0.29) is 17.0 Å². The second-order valence-corrected chi connectivity index (χ2v) is 5.60. The van der Waals surface area contributed by atoms with Crippen molar-refractivity contribution in [3.63, 3.8) is 0 Å². The molecule has 1 N–H and O–H groups in total. The van der Waals surface area contributed by atoms with Gasteiger partial charge in [-0.25, -0.2) is 9.59 Å². The molecule has 0 atom stereocenters. The number of esters is 2. The summed E-state index contributed by atoms with van der Waals surface area (Å²) >= 11 is 1.50. The summed E-state index contributed by atoms with van der Waals surface area (Å²) in [5.41, 5.74) is 0.565. The predicted molar refractivity (Wildman–Crippen MR) is 91.1 cm³/mol. The highest BCUT2D eigenvalue weighted by atomic mass is 32.1. The predicted octanol–water partition coefficient (Wildman–Crippen LogP) is 2.97. The van der Waals surface area contributed by atoms with Gasteiger partial charge in [0.25, 0.3) is 0 Å². The van der Waals surface area contributed by atoms with E-state index < -0.39 is 11.9 Å². The van der Waals surface area contributed by atoms with Gasteiger partial charge in [-0.15, -0.1) is 11.3 Å². The van der Waals surface area contributed by atoms with Crippen LogP contribution in [0, 0.1) is 0 Å². The minimum absolute atomic E-state index is 0.137. The van der Waals surface area contributed by atoms with E-state index in [4.69, 9.17) is 0 Å². The molecule has 0 unspecified atom stereocenters. The topological polar surface area (TPSA) is 81.7 Å². The van der Waals surface area contributed by atoms with Gasteiger partial charge in [-0.1, -0.05) is 6.07 Å². The van der Waals surface area contributed by atoms with Gasteiger partial charge in [0.05, 0.1) is 25.3 Å². The van der Waals surface area contributed by atoms with Crippen molar-refractivity contribution in [2.24, 2.45) is 0 Å². The Balaban J connectivity index is 2.23. The van der Waals surface area contributed by atoms with Crippen LogP contribution in [0.25, 0.3) is 6.08 Å². The summed E-state index contributed by atoms with van der Waals surface area (Å²) in [5.74, 6) is -1.63. The fraction of sp³-hybridized carbons (Fsp3) is 0.118. The SMILES string of the molecule is COC(=O)c1cc(NC(=O)/C=C/c2cccs2)cc(C(=O)OC)c1. The Morgan fingerprint density at radius 1 is 1.04 bits per heavy atom. The summed E-state index contributed by atoms with van der Waals surface area (Å²) in [6, 6.07) is 7.95. The van der Waals surface area contributed by atoms with Gasteiger partial charge in [0.2, 0.25) is 5.91 Å². The monoisotopic (exact) mass is 345 g/mol. The smallest absolute Gasteiger partial charge is 0.337 e. The molecule has 6 nitrogen and oxygen atoms in total. The van der Waals surface area contributed by atoms with Crippen molar-refractivity contribution in [1.82, 2.24) is 0 Å². The zero-order valence-electron chi connectivity index (χ0n) is 13.1. The van der Waals surface area contributed by atoms with Crippen molar-refractivity contribution in [3.05, 3.63) is 57.8 Å². The number of hydrogen-bond donors (Lipinski definition) is 1. The molecule has 1 heterocycles. The highest BCUT2D eigenvalue weighted by Gasteiger charge is 2.14. The summed E-state index contributed by atoms with van der Waals surface area (Å²) in [4.78, 5) is 36.3. The number of hydrogen-bond acceptors (Lipinski definition) is 6. The summed E-state index contributed by atoms with van der Waals surface area (Å²) in [6.07, 6.45) is 3.04. The van der Waals surface area contributed by atoms with Gasteiger partial charge in [0.15, 0.2) is 0 Å². The molecule has 0 saturated heterocycles. The molecule has 0 spiro atoms. The van der Waals surface area contributed by atoms with Crippen molar-refractivity contribution in [3.8, 4) is 0 Å². The van der Waals surface area contributed by atoms with E-state index in [9.17, 15) is 14.4 Å². The Kier molecular flexibility index (Phi) is 5.86. The highest BCUT2D eigenvalue weighted by molar-refractivity contribution is 7.10. The number of carbonyl (C=O) groups is 3.